The van der Waals surface area contributed by atoms with Crippen LogP contribution in [0.4, 0.5) is 0 Å². The number of hydrogen-bond acceptors (Lipinski definition) is 3. The maximum absolute atomic E-state index is 8.19. The van der Waals surface area contributed by atoms with E-state index in [0.29, 0.717) is 11.8 Å². The Balaban J connectivity index is 3.74. The smallest absolute Gasteiger partial charge is 0.102 e. The maximum atomic E-state index is 8.19. The molecule has 1 aromatic rings. The maximum Gasteiger partial charge on any atom is 0.102 e. The van der Waals surface area contributed by atoms with E-state index >= 15 is 0 Å². The van der Waals surface area contributed by atoms with Crippen molar-refractivity contribution < 1.29 is 0 Å². The summed E-state index contributed by atoms with van der Waals surface area (Å²) in [7, 11) is 1.79. The average molecular weight is 449 g/mol. The van der Waals surface area contributed by atoms with Gasteiger partial charge in [0.05, 0.1) is 5.70 Å². The van der Waals surface area contributed by atoms with Crippen LogP contribution in [-0.4, -0.2) is 41.3 Å². The largest absolute Gasteiger partial charge is 0.353 e. The van der Waals surface area contributed by atoms with E-state index in [1.54, 1.807) is 14.0 Å². The predicted molar refractivity (Wildman–Crippen MR) is 149 cm³/mol. The molecule has 0 fully saturated rings. The number of nitrogens with zero attached hydrogens (tertiary/aromatic N) is 3. The Bertz CT molecular complexity index is 985. The molecule has 0 saturated carbocycles. The second-order valence-corrected chi connectivity index (χ2v) is 9.36. The molecule has 33 heavy (non-hydrogen) atoms. The first-order valence-electron chi connectivity index (χ1n) is 11.9. The summed E-state index contributed by atoms with van der Waals surface area (Å²) in [6, 6.07) is 6.80. The van der Waals surface area contributed by atoms with Gasteiger partial charge in [0, 0.05) is 36.1 Å². The summed E-state index contributed by atoms with van der Waals surface area (Å²) in [5.74, 6) is 0.963. The molecule has 4 nitrogen and oxygen atoms in total. The molecule has 0 heterocycles. The van der Waals surface area contributed by atoms with Gasteiger partial charge in [0.15, 0.2) is 0 Å². The molecule has 0 saturated heterocycles. The van der Waals surface area contributed by atoms with Crippen LogP contribution < -0.4 is 0 Å². The highest BCUT2D eigenvalue weighted by molar-refractivity contribution is 6.10. The van der Waals surface area contributed by atoms with Crippen LogP contribution in [0.25, 0.3) is 11.1 Å². The second-order valence-electron chi connectivity index (χ2n) is 9.36. The summed E-state index contributed by atoms with van der Waals surface area (Å²) in [4.78, 5) is 11.7. The molecule has 0 spiro atoms. The zero-order valence-corrected chi connectivity index (χ0v) is 22.7. The highest BCUT2D eigenvalue weighted by Crippen LogP contribution is 2.31. The number of benzene rings is 1. The van der Waals surface area contributed by atoms with E-state index in [2.05, 4.69) is 88.7 Å². The zero-order valence-electron chi connectivity index (χ0n) is 22.7. The number of aryl methyl sites for hydroxylation is 1. The third-order valence-corrected chi connectivity index (χ3v) is 6.02. The molecule has 1 aromatic carbocycles. The fourth-order valence-corrected chi connectivity index (χ4v) is 4.27. The van der Waals surface area contributed by atoms with Crippen molar-refractivity contribution in [2.24, 2.45) is 9.98 Å². The first kappa shape index (κ1) is 28.3. The van der Waals surface area contributed by atoms with Crippen LogP contribution in [0.3, 0.4) is 0 Å². The summed E-state index contributed by atoms with van der Waals surface area (Å²) in [6.45, 7) is 21.2. The lowest BCUT2D eigenvalue weighted by Crippen LogP contribution is -2.50. The Labute approximate surface area is 202 Å². The topological polar surface area (TPSA) is 51.8 Å². The number of nitrogens with one attached hydrogen (secondary N) is 1. The standard InChI is InChI=1S/C29H44N4/c1-12-24(19-31-11)25-16-15-21(6)27(18-25)26(13-2)28(17-22(7)30)32-23(8)33(20(4)5)29(9,10)14-3/h12-13,15-20,30H,14H2,1-11H3/b24-12+,26-13+,28-17-,30-22?,31-19?,32-23?. The molecule has 0 aliphatic rings. The van der Waals surface area contributed by atoms with Gasteiger partial charge in [-0.05, 0) is 103 Å². The summed E-state index contributed by atoms with van der Waals surface area (Å²) in [6.07, 6.45) is 8.95. The molecule has 0 aromatic heterocycles. The second kappa shape index (κ2) is 12.5. The number of amidine groups is 1. The van der Waals surface area contributed by atoms with E-state index in [9.17, 15) is 0 Å². The van der Waals surface area contributed by atoms with Gasteiger partial charge in [-0.1, -0.05) is 31.2 Å². The van der Waals surface area contributed by atoms with Crippen LogP contribution >= 0.6 is 0 Å². The van der Waals surface area contributed by atoms with Crippen molar-refractivity contribution in [2.75, 3.05) is 7.05 Å². The quantitative estimate of drug-likeness (QED) is 0.234. The first-order chi connectivity index (χ1) is 15.4. The van der Waals surface area contributed by atoms with Crippen molar-refractivity contribution in [2.45, 2.75) is 87.2 Å². The Kier molecular flexibility index (Phi) is 10.7. The normalized spacial score (nSPS) is 14.4. The molecule has 0 radical (unpaired) electrons. The third-order valence-electron chi connectivity index (χ3n) is 6.02. The molecule has 1 rings (SSSR count). The number of allylic oxidation sites excluding steroid dienone is 5. The van der Waals surface area contributed by atoms with Gasteiger partial charge in [0.1, 0.15) is 5.84 Å². The van der Waals surface area contributed by atoms with E-state index < -0.39 is 0 Å². The lowest BCUT2D eigenvalue weighted by molar-refractivity contribution is 0.169. The van der Waals surface area contributed by atoms with Gasteiger partial charge >= 0.3 is 0 Å². The molecular weight excluding hydrogens is 404 g/mol. The Morgan fingerprint density at radius 3 is 2.24 bits per heavy atom. The molecule has 1 N–H and O–H groups in total. The first-order valence-corrected chi connectivity index (χ1v) is 11.9. The molecule has 0 aliphatic heterocycles. The lowest BCUT2D eigenvalue weighted by atomic mass is 9.93. The Hall–Kier alpha value is -2.75. The molecule has 4 heteroatoms. The van der Waals surface area contributed by atoms with Crippen molar-refractivity contribution >= 4 is 28.9 Å². The fourth-order valence-electron chi connectivity index (χ4n) is 4.27. The molecule has 0 bridgehead atoms. The van der Waals surface area contributed by atoms with E-state index in [1.165, 1.54) is 5.56 Å². The fraction of sp³-hybridized carbons (Fsp3) is 0.483. The van der Waals surface area contributed by atoms with E-state index in [-0.39, 0.29) is 5.54 Å². The third kappa shape index (κ3) is 7.38. The minimum Gasteiger partial charge on any atom is -0.353 e. The summed E-state index contributed by atoms with van der Waals surface area (Å²) >= 11 is 0. The highest BCUT2D eigenvalue weighted by Gasteiger charge is 2.28. The number of hydrogen-bond donors (Lipinski definition) is 1. The number of aliphatic imine (C=N–C) groups is 2. The Morgan fingerprint density at radius 2 is 1.79 bits per heavy atom. The van der Waals surface area contributed by atoms with Gasteiger partial charge in [-0.2, -0.15) is 0 Å². The van der Waals surface area contributed by atoms with Crippen LogP contribution in [0.5, 0.6) is 0 Å². The van der Waals surface area contributed by atoms with Crippen LogP contribution in [0.15, 0.2) is 52.1 Å². The summed E-state index contributed by atoms with van der Waals surface area (Å²) < 4.78 is 0. The SMILES string of the molecule is C/C=C(\C=NC)c1ccc(C)c(C(=C\C)/C(=C/C(C)=N)N=C(C)N(C(C)C)C(C)(C)CC)c1. The predicted octanol–water partition coefficient (Wildman–Crippen LogP) is 7.74. The van der Waals surface area contributed by atoms with Gasteiger partial charge in [-0.15, -0.1) is 0 Å². The number of rotatable bonds is 9. The molecular formula is C29H44N4. The van der Waals surface area contributed by atoms with E-state index in [1.807, 2.05) is 26.1 Å². The summed E-state index contributed by atoms with van der Waals surface area (Å²) in [5.41, 5.74) is 6.80. The van der Waals surface area contributed by atoms with E-state index in [0.717, 1.165) is 40.2 Å². The molecule has 180 valence electrons. The molecule has 0 unspecified atom stereocenters. The lowest BCUT2D eigenvalue weighted by Gasteiger charge is -2.42. The van der Waals surface area contributed by atoms with Crippen LogP contribution in [0, 0.1) is 12.3 Å². The minimum absolute atomic E-state index is 0.0151. The van der Waals surface area contributed by atoms with Crippen molar-refractivity contribution in [1.82, 2.24) is 4.90 Å². The minimum atomic E-state index is -0.0151. The van der Waals surface area contributed by atoms with Gasteiger partial charge in [0.25, 0.3) is 0 Å². The van der Waals surface area contributed by atoms with E-state index in [4.69, 9.17) is 10.4 Å². The Morgan fingerprint density at radius 1 is 1.15 bits per heavy atom. The van der Waals surface area contributed by atoms with Gasteiger partial charge in [-0.25, -0.2) is 4.99 Å². The molecule has 0 atom stereocenters. The highest BCUT2D eigenvalue weighted by atomic mass is 15.3. The van der Waals surface area contributed by atoms with Gasteiger partial charge in [-0.3, -0.25) is 4.99 Å². The van der Waals surface area contributed by atoms with Crippen LogP contribution in [0.2, 0.25) is 0 Å². The van der Waals surface area contributed by atoms with Crippen molar-refractivity contribution in [3.8, 4) is 0 Å². The van der Waals surface area contributed by atoms with Crippen LogP contribution in [0.1, 0.15) is 85.4 Å². The van der Waals surface area contributed by atoms with Crippen molar-refractivity contribution in [1.29, 1.82) is 5.41 Å². The molecule has 0 amide bonds. The van der Waals surface area contributed by atoms with Gasteiger partial charge in [0.2, 0.25) is 0 Å². The van der Waals surface area contributed by atoms with Gasteiger partial charge < -0.3 is 10.3 Å². The molecule has 0 aliphatic carbocycles. The monoisotopic (exact) mass is 448 g/mol. The average Bonchev–Trinajstić information content (AvgIpc) is 2.73. The van der Waals surface area contributed by atoms with Crippen molar-refractivity contribution in [3.05, 3.63) is 58.8 Å². The summed E-state index contributed by atoms with van der Waals surface area (Å²) in [5, 5.41) is 8.19. The van der Waals surface area contributed by atoms with Crippen LogP contribution in [-0.2, 0) is 0 Å². The zero-order chi connectivity index (χ0) is 25.3. The van der Waals surface area contributed by atoms with Crippen molar-refractivity contribution in [3.63, 3.8) is 0 Å².